The molecule has 0 fully saturated rings. The Morgan fingerprint density at radius 2 is 1.37 bits per heavy atom. The van der Waals surface area contributed by atoms with Crippen LogP contribution >= 0.6 is 0 Å². The lowest BCUT2D eigenvalue weighted by molar-refractivity contribution is -0.643. The van der Waals surface area contributed by atoms with Gasteiger partial charge in [-0.15, -0.1) is 0 Å². The van der Waals surface area contributed by atoms with Crippen molar-refractivity contribution in [2.75, 3.05) is 0 Å². The Balaban J connectivity index is 1.82. The topological polar surface area (TPSA) is 8.29 Å². The lowest BCUT2D eigenvalue weighted by Crippen LogP contribution is -2.37. The van der Waals surface area contributed by atoms with E-state index in [9.17, 15) is 0 Å². The summed E-state index contributed by atoms with van der Waals surface area (Å²) in [6, 6.07) is 21.7. The average Bonchev–Trinajstić information content (AvgIpc) is 3.23. The van der Waals surface area contributed by atoms with Gasteiger partial charge >= 0.3 is 0 Å². The van der Waals surface area contributed by atoms with Crippen molar-refractivity contribution in [3.8, 4) is 0 Å². The van der Waals surface area contributed by atoms with Crippen LogP contribution in [0.4, 0.5) is 0 Å². The van der Waals surface area contributed by atoms with Crippen LogP contribution in [0.3, 0.4) is 0 Å². The van der Waals surface area contributed by atoms with Gasteiger partial charge in [0.25, 0.3) is 0 Å². The van der Waals surface area contributed by atoms with Gasteiger partial charge in [-0.25, -0.2) is 4.57 Å². The fourth-order valence-corrected chi connectivity index (χ4v) is 8.83. The first-order valence-electron chi connectivity index (χ1n) is 16.0. The zero-order chi connectivity index (χ0) is 30.8. The number of rotatable bonds is 3. The summed E-state index contributed by atoms with van der Waals surface area (Å²) in [6.07, 6.45) is 4.35. The second kappa shape index (κ2) is 9.05. The number of fused-ring (bicyclic) bond motifs is 7. The fraction of sp³-hybridized carbons (Fsp3) is 0.375. The Morgan fingerprint density at radius 1 is 0.698 bits per heavy atom. The third-order valence-corrected chi connectivity index (χ3v) is 11.6. The lowest BCUT2D eigenvalue weighted by Gasteiger charge is -2.25. The maximum atomic E-state index is 2.69. The molecule has 3 heteroatoms. The van der Waals surface area contributed by atoms with Crippen LogP contribution in [0.2, 0.25) is 19.6 Å². The van der Waals surface area contributed by atoms with Crippen molar-refractivity contribution >= 4 is 73.0 Å². The number of hydrogen-bond acceptors (Lipinski definition) is 0. The number of aryl methyl sites for hydroxylation is 2. The second-order valence-electron chi connectivity index (χ2n) is 16.7. The van der Waals surface area contributed by atoms with Gasteiger partial charge < -0.3 is 4.40 Å². The van der Waals surface area contributed by atoms with E-state index in [1.54, 1.807) is 0 Å². The molecular formula is C40H47N2Si+. The molecule has 7 rings (SSSR count). The number of aromatic nitrogens is 2. The zero-order valence-corrected chi connectivity index (χ0v) is 29.1. The minimum absolute atomic E-state index is 0.136. The molecule has 0 amide bonds. The van der Waals surface area contributed by atoms with E-state index in [0.717, 1.165) is 12.8 Å². The molecule has 3 heterocycles. The first-order chi connectivity index (χ1) is 20.0. The summed E-state index contributed by atoms with van der Waals surface area (Å²) in [7, 11) is 0.714. The molecule has 0 atom stereocenters. The summed E-state index contributed by atoms with van der Waals surface area (Å²) in [5, 5.41) is 11.2. The lowest BCUT2D eigenvalue weighted by atomic mass is 9.81. The quantitative estimate of drug-likeness (QED) is 0.0847. The van der Waals surface area contributed by atoms with E-state index in [1.165, 1.54) is 81.6 Å². The summed E-state index contributed by atoms with van der Waals surface area (Å²) in [5.41, 5.74) is 10.2. The summed E-state index contributed by atoms with van der Waals surface area (Å²) < 4.78 is 5.07. The van der Waals surface area contributed by atoms with Crippen LogP contribution < -0.4 is 9.75 Å². The van der Waals surface area contributed by atoms with Crippen LogP contribution in [-0.4, -0.2) is 12.5 Å². The van der Waals surface area contributed by atoms with Crippen molar-refractivity contribution in [2.45, 2.75) is 80.9 Å². The summed E-state index contributed by atoms with van der Waals surface area (Å²) >= 11 is 0. The van der Waals surface area contributed by atoms with Gasteiger partial charge in [-0.2, -0.15) is 0 Å². The predicted molar refractivity (Wildman–Crippen MR) is 191 cm³/mol. The van der Waals surface area contributed by atoms with Gasteiger partial charge in [-0.3, -0.25) is 0 Å². The highest BCUT2D eigenvalue weighted by atomic mass is 28.3. The highest BCUT2D eigenvalue weighted by Gasteiger charge is 2.29. The van der Waals surface area contributed by atoms with Crippen molar-refractivity contribution < 1.29 is 4.57 Å². The van der Waals surface area contributed by atoms with E-state index in [4.69, 9.17) is 0 Å². The van der Waals surface area contributed by atoms with Gasteiger partial charge in [-0.1, -0.05) is 109 Å². The summed E-state index contributed by atoms with van der Waals surface area (Å²) in [4.78, 5) is 0. The van der Waals surface area contributed by atoms with Gasteiger partial charge in [0.15, 0.2) is 6.20 Å². The van der Waals surface area contributed by atoms with Crippen molar-refractivity contribution in [1.29, 1.82) is 0 Å². The van der Waals surface area contributed by atoms with Gasteiger partial charge in [0.05, 0.1) is 35.4 Å². The van der Waals surface area contributed by atoms with Crippen LogP contribution in [0, 0.1) is 17.8 Å². The number of benzene rings is 4. The monoisotopic (exact) mass is 583 g/mol. The third-order valence-electron chi connectivity index (χ3n) is 9.51. The second-order valence-corrected chi connectivity index (χ2v) is 21.8. The van der Waals surface area contributed by atoms with Crippen molar-refractivity contribution in [3.63, 3.8) is 0 Å². The molecule has 0 spiro atoms. The SMILES string of the molecule is Cc1c2cc(CC(C)(C)C)ccc2c(CC(C)(C)C)c2c1c1c3c(ccc4c5ccc([Si](C)(C)C)cc5n2c43)cc[n+]1C. The molecule has 0 N–H and O–H groups in total. The summed E-state index contributed by atoms with van der Waals surface area (Å²) in [5.74, 6) is 0. The Labute approximate surface area is 257 Å². The van der Waals surface area contributed by atoms with Crippen molar-refractivity contribution in [3.05, 3.63) is 77.5 Å². The Hall–Kier alpha value is -3.43. The van der Waals surface area contributed by atoms with Gasteiger partial charge in [0, 0.05) is 16.8 Å². The van der Waals surface area contributed by atoms with Crippen LogP contribution in [0.25, 0.3) is 59.8 Å². The molecule has 4 aromatic carbocycles. The third kappa shape index (κ3) is 4.38. The highest BCUT2D eigenvalue weighted by molar-refractivity contribution is 6.88. The van der Waals surface area contributed by atoms with E-state index in [2.05, 4.69) is 145 Å². The molecule has 0 aliphatic heterocycles. The maximum absolute atomic E-state index is 2.69. The van der Waals surface area contributed by atoms with Gasteiger partial charge in [-0.05, 0) is 69.5 Å². The minimum atomic E-state index is -1.52. The molecule has 0 saturated carbocycles. The first-order valence-corrected chi connectivity index (χ1v) is 19.5. The van der Waals surface area contributed by atoms with Crippen molar-refractivity contribution in [1.82, 2.24) is 4.40 Å². The number of nitrogens with zero attached hydrogens (tertiary/aromatic N) is 2. The average molecular weight is 584 g/mol. The van der Waals surface area contributed by atoms with Crippen LogP contribution in [-0.2, 0) is 19.9 Å². The number of hydrogen-bond donors (Lipinski definition) is 0. The highest BCUT2D eigenvalue weighted by Crippen LogP contribution is 2.45. The smallest absolute Gasteiger partial charge is 0.224 e. The molecule has 0 bridgehead atoms. The largest absolute Gasteiger partial charge is 0.307 e. The molecule has 0 aliphatic rings. The number of pyridine rings is 2. The van der Waals surface area contributed by atoms with E-state index >= 15 is 0 Å². The molecule has 0 aliphatic carbocycles. The molecule has 220 valence electrons. The standard InChI is InChI=1S/C40H47N2Si/c1-24-31-20-25(22-39(2,3)4)12-15-28(31)32(23-40(5,6)7)37-34(24)38-35-26(18-19-41(38)8)13-16-30-29-17-14-27(43(9,10)11)21-33(29)42(37)36(30)35/h12-21H,22-23H2,1-11H3/q+1. The molecule has 0 saturated heterocycles. The van der Waals surface area contributed by atoms with Crippen LogP contribution in [0.5, 0.6) is 0 Å². The molecule has 0 radical (unpaired) electrons. The Morgan fingerprint density at radius 3 is 2.05 bits per heavy atom. The van der Waals surface area contributed by atoms with Gasteiger partial charge in [0.1, 0.15) is 7.05 Å². The molecule has 3 aromatic heterocycles. The summed E-state index contributed by atoms with van der Waals surface area (Å²) in [6.45, 7) is 24.0. The van der Waals surface area contributed by atoms with E-state index < -0.39 is 8.07 Å². The van der Waals surface area contributed by atoms with E-state index in [0.29, 0.717) is 0 Å². The zero-order valence-electron chi connectivity index (χ0n) is 28.1. The van der Waals surface area contributed by atoms with Gasteiger partial charge in [0.2, 0.25) is 5.52 Å². The molecular weight excluding hydrogens is 537 g/mol. The minimum Gasteiger partial charge on any atom is -0.307 e. The van der Waals surface area contributed by atoms with Crippen molar-refractivity contribution in [2.24, 2.45) is 17.9 Å². The van der Waals surface area contributed by atoms with Crippen LogP contribution in [0.1, 0.15) is 58.2 Å². The van der Waals surface area contributed by atoms with E-state index in [1.807, 2.05) is 0 Å². The Kier molecular flexibility index (Phi) is 5.96. The molecule has 0 unspecified atom stereocenters. The molecule has 43 heavy (non-hydrogen) atoms. The van der Waals surface area contributed by atoms with Crippen LogP contribution in [0.15, 0.2) is 60.8 Å². The predicted octanol–water partition coefficient (Wildman–Crippen LogP) is 10.00. The first kappa shape index (κ1) is 28.3. The molecule has 7 aromatic rings. The van der Waals surface area contributed by atoms with E-state index in [-0.39, 0.29) is 10.8 Å². The fourth-order valence-electron chi connectivity index (χ4n) is 7.68. The normalized spacial score (nSPS) is 13.7. The Bertz CT molecular complexity index is 2240. The maximum Gasteiger partial charge on any atom is 0.224 e. The molecule has 2 nitrogen and oxygen atoms in total.